The fraction of sp³-hybridized carbons (Fsp3) is 0.250. The third kappa shape index (κ3) is 2.83. The third-order valence-electron chi connectivity index (χ3n) is 3.85. The van der Waals surface area contributed by atoms with Crippen LogP contribution in [-0.2, 0) is 10.3 Å². The number of phenolic OH excluding ortho intramolecular Hbond substituents is 1. The molecule has 0 radical (unpaired) electrons. The van der Waals surface area contributed by atoms with Crippen molar-refractivity contribution in [1.82, 2.24) is 4.98 Å². The number of carbonyl (C=O) groups excluding carboxylic acids is 1. The van der Waals surface area contributed by atoms with Crippen LogP contribution in [0.4, 0.5) is 5.82 Å². The summed E-state index contributed by atoms with van der Waals surface area (Å²) in [5, 5.41) is 20.4. The number of aromatic hydroxyl groups is 1. The molecule has 0 spiro atoms. The average Bonchev–Trinajstić information content (AvgIpc) is 2.51. The number of phenols is 1. The summed E-state index contributed by atoms with van der Waals surface area (Å²) in [5.41, 5.74) is -0.166. The van der Waals surface area contributed by atoms with Crippen LogP contribution in [0.2, 0.25) is 5.02 Å². The van der Waals surface area contributed by atoms with Gasteiger partial charge >= 0.3 is 5.97 Å². The predicted octanol–water partition coefficient (Wildman–Crippen LogP) is 1.93. The summed E-state index contributed by atoms with van der Waals surface area (Å²) in [4.78, 5) is 17.6. The van der Waals surface area contributed by atoms with E-state index < -0.39 is 11.6 Å². The molecule has 120 valence electrons. The number of pyridine rings is 1. The minimum absolute atomic E-state index is 0.0472. The van der Waals surface area contributed by atoms with E-state index in [1.54, 1.807) is 18.2 Å². The normalized spacial score (nSPS) is 15.9. The standard InChI is InChI=1S/C16H15ClN2O4/c1-23-15(21)10-4-5-18-14(6-10)19-8-16(22,9-19)12-3-2-11(20)7-13(12)17/h2-7,20,22H,8-9H2,1H3. The first-order valence-corrected chi connectivity index (χ1v) is 7.31. The lowest BCUT2D eigenvalue weighted by Crippen LogP contribution is -2.60. The Bertz CT molecular complexity index is 759. The molecule has 6 nitrogen and oxygen atoms in total. The first-order valence-electron chi connectivity index (χ1n) is 6.94. The number of hydrogen-bond donors (Lipinski definition) is 2. The maximum absolute atomic E-state index is 11.6. The molecular weight excluding hydrogens is 320 g/mol. The van der Waals surface area contributed by atoms with Crippen molar-refractivity contribution in [2.75, 3.05) is 25.1 Å². The number of rotatable bonds is 3. The van der Waals surface area contributed by atoms with Gasteiger partial charge in [-0.15, -0.1) is 0 Å². The molecule has 0 aliphatic carbocycles. The van der Waals surface area contributed by atoms with Crippen LogP contribution in [0.25, 0.3) is 0 Å². The van der Waals surface area contributed by atoms with Crippen LogP contribution in [0.15, 0.2) is 36.5 Å². The topological polar surface area (TPSA) is 82.9 Å². The molecular formula is C16H15ClN2O4. The Morgan fingerprint density at radius 2 is 2.09 bits per heavy atom. The highest BCUT2D eigenvalue weighted by Gasteiger charge is 2.44. The molecule has 0 saturated carbocycles. The maximum atomic E-state index is 11.6. The van der Waals surface area contributed by atoms with Crippen molar-refractivity contribution < 1.29 is 19.7 Å². The molecule has 2 N–H and O–H groups in total. The van der Waals surface area contributed by atoms with E-state index in [4.69, 9.17) is 11.6 Å². The van der Waals surface area contributed by atoms with Crippen molar-refractivity contribution in [3.63, 3.8) is 0 Å². The van der Waals surface area contributed by atoms with Gasteiger partial charge in [0, 0.05) is 11.8 Å². The fourth-order valence-electron chi connectivity index (χ4n) is 2.64. The Kier molecular flexibility index (Phi) is 3.87. The van der Waals surface area contributed by atoms with Crippen molar-refractivity contribution in [3.05, 3.63) is 52.7 Å². The smallest absolute Gasteiger partial charge is 0.338 e. The average molecular weight is 335 g/mol. The van der Waals surface area contributed by atoms with Crippen LogP contribution in [0.3, 0.4) is 0 Å². The molecule has 0 atom stereocenters. The largest absolute Gasteiger partial charge is 0.508 e. The van der Waals surface area contributed by atoms with E-state index >= 15 is 0 Å². The van der Waals surface area contributed by atoms with Gasteiger partial charge in [-0.05, 0) is 24.3 Å². The van der Waals surface area contributed by atoms with Gasteiger partial charge in [-0.25, -0.2) is 9.78 Å². The zero-order valence-electron chi connectivity index (χ0n) is 12.4. The number of methoxy groups -OCH3 is 1. The summed E-state index contributed by atoms with van der Waals surface area (Å²) in [6.45, 7) is 0.574. The van der Waals surface area contributed by atoms with Crippen LogP contribution in [0, 0.1) is 0 Å². The predicted molar refractivity (Wildman–Crippen MR) is 84.8 cm³/mol. The van der Waals surface area contributed by atoms with E-state index in [1.807, 2.05) is 4.90 Å². The molecule has 3 rings (SSSR count). The third-order valence-corrected chi connectivity index (χ3v) is 4.16. The van der Waals surface area contributed by atoms with Gasteiger partial charge in [-0.3, -0.25) is 0 Å². The van der Waals surface area contributed by atoms with Crippen LogP contribution in [-0.4, -0.2) is 41.4 Å². The highest BCUT2D eigenvalue weighted by molar-refractivity contribution is 6.31. The Hall–Kier alpha value is -2.31. The highest BCUT2D eigenvalue weighted by atomic mass is 35.5. The Balaban J connectivity index is 1.79. The number of ether oxygens (including phenoxy) is 1. The van der Waals surface area contributed by atoms with E-state index in [0.717, 1.165) is 0 Å². The lowest BCUT2D eigenvalue weighted by molar-refractivity contribution is 0.00713. The number of benzene rings is 1. The molecule has 1 aliphatic heterocycles. The molecule has 1 saturated heterocycles. The summed E-state index contributed by atoms with van der Waals surface area (Å²) in [6.07, 6.45) is 1.52. The SMILES string of the molecule is COC(=O)c1ccnc(N2CC(O)(c3ccc(O)cc3Cl)C2)c1. The van der Waals surface area contributed by atoms with Gasteiger partial charge in [0.15, 0.2) is 0 Å². The molecule has 7 heteroatoms. The minimum Gasteiger partial charge on any atom is -0.508 e. The summed E-state index contributed by atoms with van der Waals surface area (Å²) < 4.78 is 4.68. The lowest BCUT2D eigenvalue weighted by Gasteiger charge is -2.47. The van der Waals surface area contributed by atoms with Gasteiger partial charge in [0.25, 0.3) is 0 Å². The second kappa shape index (κ2) is 5.72. The lowest BCUT2D eigenvalue weighted by atomic mass is 9.86. The summed E-state index contributed by atoms with van der Waals surface area (Å²) in [7, 11) is 1.32. The summed E-state index contributed by atoms with van der Waals surface area (Å²) in [5.74, 6) is 0.185. The molecule has 0 unspecified atom stereocenters. The molecule has 1 aromatic heterocycles. The number of aromatic nitrogens is 1. The maximum Gasteiger partial charge on any atom is 0.338 e. The number of nitrogens with zero attached hydrogens (tertiary/aromatic N) is 2. The van der Waals surface area contributed by atoms with Gasteiger partial charge < -0.3 is 19.8 Å². The monoisotopic (exact) mass is 334 g/mol. The first kappa shape index (κ1) is 15.6. The van der Waals surface area contributed by atoms with Crippen molar-refractivity contribution in [2.24, 2.45) is 0 Å². The molecule has 23 heavy (non-hydrogen) atoms. The van der Waals surface area contributed by atoms with E-state index in [0.29, 0.717) is 22.0 Å². The van der Waals surface area contributed by atoms with E-state index in [2.05, 4.69) is 9.72 Å². The van der Waals surface area contributed by atoms with Crippen molar-refractivity contribution in [1.29, 1.82) is 0 Å². The quantitative estimate of drug-likeness (QED) is 0.835. The van der Waals surface area contributed by atoms with Gasteiger partial charge in [-0.1, -0.05) is 17.7 Å². The van der Waals surface area contributed by atoms with Crippen LogP contribution in [0.5, 0.6) is 5.75 Å². The second-order valence-electron chi connectivity index (χ2n) is 5.45. The number of hydrogen-bond acceptors (Lipinski definition) is 6. The van der Waals surface area contributed by atoms with Crippen LogP contribution in [0.1, 0.15) is 15.9 Å². The van der Waals surface area contributed by atoms with Crippen LogP contribution < -0.4 is 4.90 Å². The number of β-amino-alcohol motifs (C(OH)–C–C–N with tert-alkyl or cyclic N) is 1. The number of anilines is 1. The van der Waals surface area contributed by atoms with E-state index in [9.17, 15) is 15.0 Å². The molecule has 1 aliphatic rings. The van der Waals surface area contributed by atoms with Gasteiger partial charge in [0.05, 0.1) is 30.8 Å². The van der Waals surface area contributed by atoms with E-state index in [1.165, 1.54) is 25.4 Å². The fourth-order valence-corrected chi connectivity index (χ4v) is 2.99. The zero-order chi connectivity index (χ0) is 16.6. The molecule has 0 bridgehead atoms. The molecule has 1 fully saturated rings. The zero-order valence-corrected chi connectivity index (χ0v) is 13.1. The Morgan fingerprint density at radius 3 is 2.74 bits per heavy atom. The van der Waals surface area contributed by atoms with Crippen molar-refractivity contribution in [2.45, 2.75) is 5.60 Å². The van der Waals surface area contributed by atoms with E-state index in [-0.39, 0.29) is 18.8 Å². The Morgan fingerprint density at radius 1 is 1.35 bits per heavy atom. The number of esters is 1. The Labute approximate surface area is 137 Å². The van der Waals surface area contributed by atoms with Gasteiger partial charge in [-0.2, -0.15) is 0 Å². The molecule has 1 aromatic carbocycles. The van der Waals surface area contributed by atoms with Crippen LogP contribution >= 0.6 is 11.6 Å². The molecule has 2 aromatic rings. The van der Waals surface area contributed by atoms with Crippen molar-refractivity contribution >= 4 is 23.4 Å². The van der Waals surface area contributed by atoms with Gasteiger partial charge in [0.2, 0.25) is 0 Å². The molecule has 0 amide bonds. The van der Waals surface area contributed by atoms with Crippen molar-refractivity contribution in [3.8, 4) is 5.75 Å². The summed E-state index contributed by atoms with van der Waals surface area (Å²) in [6, 6.07) is 7.67. The molecule has 2 heterocycles. The second-order valence-corrected chi connectivity index (χ2v) is 5.85. The number of aliphatic hydroxyl groups is 1. The van der Waals surface area contributed by atoms with Gasteiger partial charge in [0.1, 0.15) is 17.2 Å². The minimum atomic E-state index is -1.12. The number of halogens is 1. The first-order chi connectivity index (χ1) is 10.9. The summed E-state index contributed by atoms with van der Waals surface area (Å²) >= 11 is 6.09. The highest BCUT2D eigenvalue weighted by Crippen LogP contribution is 2.39. The number of carbonyl (C=O) groups is 1.